The van der Waals surface area contributed by atoms with E-state index in [2.05, 4.69) is 16.5 Å². The van der Waals surface area contributed by atoms with Crippen LogP contribution in [0, 0.1) is 25.2 Å². The molecule has 0 saturated heterocycles. The number of thiophene rings is 1. The van der Waals surface area contributed by atoms with E-state index in [1.54, 1.807) is 20.1 Å². The van der Waals surface area contributed by atoms with Gasteiger partial charge in [0.1, 0.15) is 22.6 Å². The van der Waals surface area contributed by atoms with E-state index in [4.69, 9.17) is 9.26 Å². The molecular weight excluding hydrogens is 338 g/mol. The molecule has 6 nitrogen and oxygen atoms in total. The average molecular weight is 353 g/mol. The fourth-order valence-corrected chi connectivity index (χ4v) is 3.51. The Morgan fingerprint density at radius 2 is 2.04 bits per heavy atom. The molecule has 1 N–H and O–H groups in total. The number of nitriles is 1. The molecule has 0 fully saturated rings. The number of carbonyl (C=O) groups is 1. The maximum absolute atomic E-state index is 12.3. The quantitative estimate of drug-likeness (QED) is 0.761. The third kappa shape index (κ3) is 3.25. The van der Waals surface area contributed by atoms with E-state index < -0.39 is 5.91 Å². The molecule has 3 aromatic rings. The largest absolute Gasteiger partial charge is 0.497 e. The topological polar surface area (TPSA) is 88.2 Å². The van der Waals surface area contributed by atoms with E-state index in [9.17, 15) is 10.1 Å². The summed E-state index contributed by atoms with van der Waals surface area (Å²) in [6.07, 6.45) is 0. The van der Waals surface area contributed by atoms with Crippen LogP contribution in [-0.4, -0.2) is 18.2 Å². The molecule has 3 rings (SSSR count). The Morgan fingerprint density at radius 1 is 1.32 bits per heavy atom. The smallest absolute Gasteiger partial charge is 0.278 e. The second-order valence-electron chi connectivity index (χ2n) is 5.35. The van der Waals surface area contributed by atoms with Gasteiger partial charge in [-0.05, 0) is 31.5 Å². The Labute approximate surface area is 148 Å². The van der Waals surface area contributed by atoms with Crippen molar-refractivity contribution in [1.29, 1.82) is 5.26 Å². The van der Waals surface area contributed by atoms with Crippen LogP contribution >= 0.6 is 11.3 Å². The summed E-state index contributed by atoms with van der Waals surface area (Å²) in [4.78, 5) is 13.2. The minimum Gasteiger partial charge on any atom is -0.497 e. The van der Waals surface area contributed by atoms with Crippen LogP contribution < -0.4 is 10.1 Å². The van der Waals surface area contributed by atoms with Crippen LogP contribution in [0.2, 0.25) is 0 Å². The minimum absolute atomic E-state index is 0.179. The zero-order valence-corrected chi connectivity index (χ0v) is 14.7. The van der Waals surface area contributed by atoms with Crippen LogP contribution in [0.4, 0.5) is 5.00 Å². The lowest BCUT2D eigenvalue weighted by molar-refractivity contribution is 0.101. The molecule has 0 saturated carbocycles. The number of carbonyl (C=O) groups excluding carboxylic acids is 1. The Balaban J connectivity index is 1.96. The number of amides is 1. The summed E-state index contributed by atoms with van der Waals surface area (Å²) in [5, 5.41) is 16.6. The van der Waals surface area contributed by atoms with Crippen molar-refractivity contribution in [2.24, 2.45) is 0 Å². The first-order valence-corrected chi connectivity index (χ1v) is 8.27. The van der Waals surface area contributed by atoms with Gasteiger partial charge < -0.3 is 14.6 Å². The maximum Gasteiger partial charge on any atom is 0.278 e. The zero-order valence-electron chi connectivity index (χ0n) is 13.9. The molecule has 0 atom stereocenters. The molecular formula is C18H15N3O3S. The van der Waals surface area contributed by atoms with Crippen molar-refractivity contribution in [3.63, 3.8) is 0 Å². The van der Waals surface area contributed by atoms with Gasteiger partial charge in [-0.15, -0.1) is 11.3 Å². The van der Waals surface area contributed by atoms with Crippen molar-refractivity contribution in [2.75, 3.05) is 12.4 Å². The molecule has 2 aromatic heterocycles. The Kier molecular flexibility index (Phi) is 4.55. The molecule has 1 amide bonds. The number of anilines is 1. The van der Waals surface area contributed by atoms with Crippen LogP contribution in [0.5, 0.6) is 5.75 Å². The second-order valence-corrected chi connectivity index (χ2v) is 6.58. The summed E-state index contributed by atoms with van der Waals surface area (Å²) in [5.41, 5.74) is 2.31. The standard InChI is InChI=1S/C18H15N3O3S/c1-10-8-15(21-24-10)17(22)20-18-14(9-19)16(11(2)25-18)12-4-6-13(23-3)7-5-12/h4-8H,1-3H3,(H,20,22). The Bertz CT molecular complexity index is 965. The van der Waals surface area contributed by atoms with E-state index in [0.717, 1.165) is 21.8 Å². The van der Waals surface area contributed by atoms with Crippen LogP contribution in [0.25, 0.3) is 11.1 Å². The molecule has 0 radical (unpaired) electrons. The molecule has 0 bridgehead atoms. The van der Waals surface area contributed by atoms with Crippen molar-refractivity contribution >= 4 is 22.2 Å². The lowest BCUT2D eigenvalue weighted by Gasteiger charge is -2.04. The Hall–Kier alpha value is -3.11. The average Bonchev–Trinajstić information content (AvgIpc) is 3.18. The molecule has 0 unspecified atom stereocenters. The Morgan fingerprint density at radius 3 is 2.60 bits per heavy atom. The van der Waals surface area contributed by atoms with E-state index in [-0.39, 0.29) is 5.69 Å². The first-order valence-electron chi connectivity index (χ1n) is 7.46. The number of ether oxygens (including phenoxy) is 1. The summed E-state index contributed by atoms with van der Waals surface area (Å²) in [6.45, 7) is 3.63. The van der Waals surface area contributed by atoms with Gasteiger partial charge in [0.05, 0.1) is 12.7 Å². The zero-order chi connectivity index (χ0) is 18.0. The van der Waals surface area contributed by atoms with Gasteiger partial charge in [-0.1, -0.05) is 17.3 Å². The molecule has 0 spiro atoms. The van der Waals surface area contributed by atoms with Crippen LogP contribution in [0.3, 0.4) is 0 Å². The van der Waals surface area contributed by atoms with Crippen molar-refractivity contribution in [3.05, 3.63) is 52.2 Å². The van der Waals surface area contributed by atoms with Crippen molar-refractivity contribution in [3.8, 4) is 22.9 Å². The van der Waals surface area contributed by atoms with Gasteiger partial charge in [0.25, 0.3) is 5.91 Å². The lowest BCUT2D eigenvalue weighted by atomic mass is 10.0. The third-order valence-electron chi connectivity index (χ3n) is 3.66. The summed E-state index contributed by atoms with van der Waals surface area (Å²) < 4.78 is 10.1. The molecule has 25 heavy (non-hydrogen) atoms. The van der Waals surface area contributed by atoms with Gasteiger partial charge in [0.2, 0.25) is 0 Å². The lowest BCUT2D eigenvalue weighted by Crippen LogP contribution is -2.12. The van der Waals surface area contributed by atoms with E-state index in [1.807, 2.05) is 31.2 Å². The fraction of sp³-hybridized carbons (Fsp3) is 0.167. The highest BCUT2D eigenvalue weighted by molar-refractivity contribution is 7.17. The van der Waals surface area contributed by atoms with Gasteiger partial charge in [-0.25, -0.2) is 0 Å². The van der Waals surface area contributed by atoms with E-state index >= 15 is 0 Å². The molecule has 0 aliphatic heterocycles. The van der Waals surface area contributed by atoms with E-state index in [0.29, 0.717) is 16.3 Å². The number of nitrogens with one attached hydrogen (secondary N) is 1. The van der Waals surface area contributed by atoms with E-state index in [1.165, 1.54) is 11.3 Å². The molecule has 2 heterocycles. The third-order valence-corrected chi connectivity index (χ3v) is 4.68. The highest BCUT2D eigenvalue weighted by Crippen LogP contribution is 2.39. The van der Waals surface area contributed by atoms with Crippen molar-refractivity contribution in [1.82, 2.24) is 5.16 Å². The van der Waals surface area contributed by atoms with Crippen LogP contribution in [0.15, 0.2) is 34.9 Å². The van der Waals surface area contributed by atoms with Gasteiger partial charge in [-0.3, -0.25) is 4.79 Å². The number of methoxy groups -OCH3 is 1. The van der Waals surface area contributed by atoms with Gasteiger partial charge in [0.15, 0.2) is 5.69 Å². The second kappa shape index (κ2) is 6.79. The summed E-state index contributed by atoms with van der Waals surface area (Å²) in [6, 6.07) is 11.2. The molecule has 7 heteroatoms. The summed E-state index contributed by atoms with van der Waals surface area (Å²) >= 11 is 1.36. The number of hydrogen-bond donors (Lipinski definition) is 1. The minimum atomic E-state index is -0.407. The van der Waals surface area contributed by atoms with Gasteiger partial charge in [-0.2, -0.15) is 5.26 Å². The highest BCUT2D eigenvalue weighted by atomic mass is 32.1. The predicted molar refractivity (Wildman–Crippen MR) is 95.0 cm³/mol. The molecule has 126 valence electrons. The number of rotatable bonds is 4. The SMILES string of the molecule is COc1ccc(-c2c(C)sc(NC(=O)c3cc(C)on3)c2C#N)cc1. The summed E-state index contributed by atoms with van der Waals surface area (Å²) in [5.74, 6) is 0.882. The number of hydrogen-bond acceptors (Lipinski definition) is 6. The number of benzene rings is 1. The fourth-order valence-electron chi connectivity index (χ4n) is 2.49. The number of aromatic nitrogens is 1. The predicted octanol–water partition coefficient (Wildman–Crippen LogP) is 4.15. The maximum atomic E-state index is 12.3. The monoisotopic (exact) mass is 353 g/mol. The first kappa shape index (κ1) is 16.7. The highest BCUT2D eigenvalue weighted by Gasteiger charge is 2.20. The van der Waals surface area contributed by atoms with Crippen LogP contribution in [0.1, 0.15) is 26.7 Å². The number of nitrogens with zero attached hydrogens (tertiary/aromatic N) is 2. The van der Waals surface area contributed by atoms with Gasteiger partial charge in [0, 0.05) is 16.5 Å². The van der Waals surface area contributed by atoms with Crippen LogP contribution in [-0.2, 0) is 0 Å². The van der Waals surface area contributed by atoms with Crippen molar-refractivity contribution in [2.45, 2.75) is 13.8 Å². The molecule has 0 aliphatic carbocycles. The van der Waals surface area contributed by atoms with Gasteiger partial charge >= 0.3 is 0 Å². The van der Waals surface area contributed by atoms with Crippen molar-refractivity contribution < 1.29 is 14.1 Å². The molecule has 0 aliphatic rings. The molecule has 1 aromatic carbocycles. The summed E-state index contributed by atoms with van der Waals surface area (Å²) in [7, 11) is 1.60. The first-order chi connectivity index (χ1) is 12.0. The number of aryl methyl sites for hydroxylation is 2. The normalized spacial score (nSPS) is 10.3.